The third-order valence-corrected chi connectivity index (χ3v) is 6.41. The van der Waals surface area contributed by atoms with Crippen LogP contribution < -0.4 is 4.72 Å². The molecule has 1 aromatic rings. The lowest BCUT2D eigenvalue weighted by molar-refractivity contribution is -0.0228. The summed E-state index contributed by atoms with van der Waals surface area (Å²) in [7, 11) is -4.01. The summed E-state index contributed by atoms with van der Waals surface area (Å²) in [6.07, 6.45) is -0.159. The summed E-state index contributed by atoms with van der Waals surface area (Å²) >= 11 is 0.863. The summed E-state index contributed by atoms with van der Waals surface area (Å²) in [5.41, 5.74) is -0.909. The lowest BCUT2D eigenvalue weighted by Crippen LogP contribution is -2.47. The number of hydrogen-bond donors (Lipinski definition) is 3. The summed E-state index contributed by atoms with van der Waals surface area (Å²) in [4.78, 5) is 10.6. The van der Waals surface area contributed by atoms with E-state index < -0.39 is 27.7 Å². The van der Waals surface area contributed by atoms with Gasteiger partial charge in [-0.3, -0.25) is 0 Å². The van der Waals surface area contributed by atoms with E-state index in [4.69, 9.17) is 9.84 Å². The summed E-state index contributed by atoms with van der Waals surface area (Å²) < 4.78 is 32.2. The van der Waals surface area contributed by atoms with Crippen LogP contribution >= 0.6 is 11.3 Å². The minimum absolute atomic E-state index is 0.217. The molecule has 0 bridgehead atoms. The van der Waals surface area contributed by atoms with Crippen molar-refractivity contribution in [2.24, 2.45) is 0 Å². The van der Waals surface area contributed by atoms with Gasteiger partial charge >= 0.3 is 5.97 Å². The topological polar surface area (TPSA) is 113 Å². The highest BCUT2D eigenvalue weighted by atomic mass is 32.2. The van der Waals surface area contributed by atoms with E-state index in [1.807, 2.05) is 0 Å². The van der Waals surface area contributed by atoms with Crippen LogP contribution in [0.3, 0.4) is 0 Å². The van der Waals surface area contributed by atoms with Gasteiger partial charge in [0.25, 0.3) is 0 Å². The Kier molecular flexibility index (Phi) is 4.41. The Morgan fingerprint density at radius 3 is 2.81 bits per heavy atom. The smallest absolute Gasteiger partial charge is 0.347 e. The Labute approximate surface area is 126 Å². The number of thiophene rings is 1. The van der Waals surface area contributed by atoms with E-state index in [0.29, 0.717) is 18.6 Å². The van der Waals surface area contributed by atoms with E-state index in [1.54, 1.807) is 6.92 Å². The fourth-order valence-electron chi connectivity index (χ4n) is 2.21. The second-order valence-electron chi connectivity index (χ2n) is 5.07. The van der Waals surface area contributed by atoms with Gasteiger partial charge in [-0.05, 0) is 24.8 Å². The van der Waals surface area contributed by atoms with Crippen LogP contribution in [0.2, 0.25) is 0 Å². The highest BCUT2D eigenvalue weighted by Gasteiger charge is 2.41. The Bertz CT molecular complexity index is 653. The van der Waals surface area contributed by atoms with Crippen molar-refractivity contribution in [3.63, 3.8) is 0 Å². The predicted molar refractivity (Wildman–Crippen MR) is 76.2 cm³/mol. The van der Waals surface area contributed by atoms with E-state index in [2.05, 4.69) is 4.72 Å². The molecular formula is C12H17NO6S2. The van der Waals surface area contributed by atoms with Gasteiger partial charge in [-0.15, -0.1) is 11.3 Å². The third kappa shape index (κ3) is 3.11. The first-order valence-corrected chi connectivity index (χ1v) is 8.69. The van der Waals surface area contributed by atoms with Gasteiger partial charge in [0.05, 0.1) is 6.10 Å². The molecule has 118 valence electrons. The van der Waals surface area contributed by atoms with E-state index in [1.165, 1.54) is 12.3 Å². The maximum Gasteiger partial charge on any atom is 0.347 e. The van der Waals surface area contributed by atoms with E-state index >= 15 is 0 Å². The zero-order chi connectivity index (χ0) is 15.8. The molecule has 1 fully saturated rings. The SMILES string of the molecule is Cc1csc(C(=O)O)c1S(=O)(=O)NCC1(O)CCOC1C. The maximum absolute atomic E-state index is 12.3. The molecule has 1 aliphatic rings. The highest BCUT2D eigenvalue weighted by molar-refractivity contribution is 7.89. The number of nitrogens with one attached hydrogen (secondary N) is 1. The average molecular weight is 335 g/mol. The molecule has 1 saturated heterocycles. The van der Waals surface area contributed by atoms with Gasteiger partial charge in [-0.1, -0.05) is 0 Å². The number of aryl methyl sites for hydroxylation is 1. The lowest BCUT2D eigenvalue weighted by Gasteiger charge is -2.26. The maximum atomic E-state index is 12.3. The Hall–Kier alpha value is -1.00. The first-order chi connectivity index (χ1) is 9.67. The van der Waals surface area contributed by atoms with E-state index in [9.17, 15) is 18.3 Å². The first kappa shape index (κ1) is 16.4. The van der Waals surface area contributed by atoms with Crippen molar-refractivity contribution in [1.29, 1.82) is 0 Å². The highest BCUT2D eigenvalue weighted by Crippen LogP contribution is 2.29. The first-order valence-electron chi connectivity index (χ1n) is 6.32. The van der Waals surface area contributed by atoms with Crippen LogP contribution in [-0.4, -0.2) is 49.5 Å². The van der Waals surface area contributed by atoms with Crippen LogP contribution in [0.5, 0.6) is 0 Å². The van der Waals surface area contributed by atoms with Crippen molar-refractivity contribution in [1.82, 2.24) is 4.72 Å². The number of carboxylic acids is 1. The van der Waals surface area contributed by atoms with Crippen molar-refractivity contribution >= 4 is 27.3 Å². The molecule has 0 spiro atoms. The van der Waals surface area contributed by atoms with Crippen LogP contribution in [0.15, 0.2) is 10.3 Å². The van der Waals surface area contributed by atoms with Gasteiger partial charge in [0, 0.05) is 19.6 Å². The molecule has 2 rings (SSSR count). The second-order valence-corrected chi connectivity index (χ2v) is 7.66. The minimum atomic E-state index is -4.01. The molecular weight excluding hydrogens is 318 g/mol. The van der Waals surface area contributed by atoms with Crippen molar-refractivity contribution < 1.29 is 28.2 Å². The van der Waals surface area contributed by atoms with Crippen LogP contribution in [0, 0.1) is 6.92 Å². The van der Waals surface area contributed by atoms with Crippen molar-refractivity contribution in [2.75, 3.05) is 13.2 Å². The van der Waals surface area contributed by atoms with Crippen molar-refractivity contribution in [3.05, 3.63) is 15.8 Å². The van der Waals surface area contributed by atoms with Crippen molar-refractivity contribution in [3.8, 4) is 0 Å². The summed E-state index contributed by atoms with van der Waals surface area (Å²) in [5.74, 6) is -1.29. The minimum Gasteiger partial charge on any atom is -0.477 e. The van der Waals surface area contributed by atoms with Gasteiger partial charge < -0.3 is 14.9 Å². The zero-order valence-electron chi connectivity index (χ0n) is 11.6. The number of ether oxygens (including phenoxy) is 1. The Morgan fingerprint density at radius 1 is 1.62 bits per heavy atom. The number of carbonyl (C=O) groups is 1. The molecule has 2 heterocycles. The molecule has 0 amide bonds. The largest absolute Gasteiger partial charge is 0.477 e. The van der Waals surface area contributed by atoms with Crippen LogP contribution in [-0.2, 0) is 14.8 Å². The predicted octanol–water partition coefficient (Wildman–Crippen LogP) is 0.573. The van der Waals surface area contributed by atoms with Crippen LogP contribution in [0.4, 0.5) is 0 Å². The van der Waals surface area contributed by atoms with E-state index in [0.717, 1.165) is 11.3 Å². The Morgan fingerprint density at radius 2 is 2.29 bits per heavy atom. The van der Waals surface area contributed by atoms with Gasteiger partial charge in [-0.2, -0.15) is 0 Å². The van der Waals surface area contributed by atoms with Gasteiger partial charge in [0.2, 0.25) is 10.0 Å². The lowest BCUT2D eigenvalue weighted by atomic mass is 9.97. The normalized spacial score (nSPS) is 26.1. The molecule has 2 atom stereocenters. The Balaban J connectivity index is 2.24. The zero-order valence-corrected chi connectivity index (χ0v) is 13.3. The molecule has 0 aliphatic carbocycles. The molecule has 2 unspecified atom stereocenters. The van der Waals surface area contributed by atoms with Crippen molar-refractivity contribution in [2.45, 2.75) is 36.9 Å². The molecule has 1 aliphatic heterocycles. The fraction of sp³-hybridized carbons (Fsp3) is 0.583. The summed E-state index contributed by atoms with van der Waals surface area (Å²) in [6, 6.07) is 0. The molecule has 1 aromatic heterocycles. The fourth-order valence-corrected chi connectivity index (χ4v) is 4.94. The number of carboxylic acid groups (broad SMARTS) is 1. The quantitative estimate of drug-likeness (QED) is 0.725. The average Bonchev–Trinajstić information content (AvgIpc) is 2.93. The molecule has 7 nitrogen and oxygen atoms in total. The third-order valence-electron chi connectivity index (χ3n) is 3.61. The summed E-state index contributed by atoms with van der Waals surface area (Å²) in [5, 5.41) is 20.8. The van der Waals surface area contributed by atoms with Gasteiger partial charge in [0.15, 0.2) is 0 Å². The molecule has 0 saturated carbocycles. The van der Waals surface area contributed by atoms with Crippen LogP contribution in [0.25, 0.3) is 0 Å². The number of rotatable bonds is 5. The molecule has 0 aromatic carbocycles. The second kappa shape index (κ2) is 5.65. The standard InChI is InChI=1S/C12H17NO6S2/c1-7-5-20-9(11(14)15)10(7)21(17,18)13-6-12(16)3-4-19-8(12)2/h5,8,13,16H,3-4,6H2,1-2H3,(H,14,15). The monoisotopic (exact) mass is 335 g/mol. The number of aliphatic hydroxyl groups is 1. The van der Waals surface area contributed by atoms with Gasteiger partial charge in [0.1, 0.15) is 15.4 Å². The molecule has 9 heteroatoms. The number of aromatic carboxylic acids is 1. The van der Waals surface area contributed by atoms with E-state index in [-0.39, 0.29) is 16.3 Å². The molecule has 0 radical (unpaired) electrons. The van der Waals surface area contributed by atoms with Crippen LogP contribution in [0.1, 0.15) is 28.6 Å². The van der Waals surface area contributed by atoms with Gasteiger partial charge in [-0.25, -0.2) is 17.9 Å². The number of sulfonamides is 1. The summed E-state index contributed by atoms with van der Waals surface area (Å²) in [6.45, 7) is 3.34. The molecule has 3 N–H and O–H groups in total. The number of hydrogen-bond acceptors (Lipinski definition) is 6. The molecule has 21 heavy (non-hydrogen) atoms.